The minimum Gasteiger partial charge on any atom is -0.488 e. The molecule has 0 saturated heterocycles. The third-order valence-corrected chi connectivity index (χ3v) is 6.42. The normalized spacial score (nSPS) is 16.1. The smallest absolute Gasteiger partial charge is 0.297 e. The summed E-state index contributed by atoms with van der Waals surface area (Å²) in [6.07, 6.45) is 2.18. The van der Waals surface area contributed by atoms with E-state index in [9.17, 15) is 8.42 Å². The first-order valence-electron chi connectivity index (χ1n) is 9.78. The van der Waals surface area contributed by atoms with Crippen LogP contribution in [0.2, 0.25) is 0 Å². The van der Waals surface area contributed by atoms with Crippen molar-refractivity contribution in [2.24, 2.45) is 0 Å². The summed E-state index contributed by atoms with van der Waals surface area (Å²) in [4.78, 5) is 0.171. The van der Waals surface area contributed by atoms with Crippen LogP contribution in [0.4, 0.5) is 0 Å². The lowest BCUT2D eigenvalue weighted by Crippen LogP contribution is -2.29. The van der Waals surface area contributed by atoms with Gasteiger partial charge in [0.25, 0.3) is 10.1 Å². The Morgan fingerprint density at radius 3 is 2.48 bits per heavy atom. The summed E-state index contributed by atoms with van der Waals surface area (Å²) >= 11 is 0. The zero-order valence-electron chi connectivity index (χ0n) is 16.4. The zero-order chi connectivity index (χ0) is 20.3. The fourth-order valence-electron chi connectivity index (χ4n) is 3.50. The third-order valence-electron chi connectivity index (χ3n) is 5.12. The monoisotopic (exact) mass is 408 g/mol. The topological polar surface area (TPSA) is 52.6 Å². The number of hydrogen-bond donors (Lipinski definition) is 0. The molecule has 5 heteroatoms. The van der Waals surface area contributed by atoms with Gasteiger partial charge in [-0.15, -0.1) is 0 Å². The molecule has 150 valence electrons. The Balaban J connectivity index is 1.38. The van der Waals surface area contributed by atoms with Crippen LogP contribution in [-0.4, -0.2) is 21.1 Å². The van der Waals surface area contributed by atoms with Crippen molar-refractivity contribution in [3.63, 3.8) is 0 Å². The van der Waals surface area contributed by atoms with Crippen LogP contribution in [0, 0.1) is 6.92 Å². The van der Waals surface area contributed by atoms with E-state index in [4.69, 9.17) is 8.92 Å². The number of rotatable bonds is 6. The lowest BCUT2D eigenvalue weighted by molar-refractivity contribution is 0.112. The van der Waals surface area contributed by atoms with E-state index in [1.165, 1.54) is 11.1 Å². The molecule has 0 aromatic heterocycles. The van der Waals surface area contributed by atoms with Crippen molar-refractivity contribution < 1.29 is 17.3 Å². The van der Waals surface area contributed by atoms with E-state index < -0.39 is 10.1 Å². The molecule has 1 heterocycles. The van der Waals surface area contributed by atoms with Crippen molar-refractivity contribution in [2.75, 3.05) is 6.61 Å². The molecule has 4 rings (SSSR count). The number of benzene rings is 3. The first kappa shape index (κ1) is 19.7. The lowest BCUT2D eigenvalue weighted by atomic mass is 9.97. The number of hydrogen-bond acceptors (Lipinski definition) is 4. The Bertz CT molecular complexity index is 1070. The Morgan fingerprint density at radius 2 is 1.72 bits per heavy atom. The van der Waals surface area contributed by atoms with Gasteiger partial charge in [-0.3, -0.25) is 4.18 Å². The molecule has 1 unspecified atom stereocenters. The van der Waals surface area contributed by atoms with Gasteiger partial charge in [-0.25, -0.2) is 0 Å². The highest BCUT2D eigenvalue weighted by Crippen LogP contribution is 2.30. The van der Waals surface area contributed by atoms with Crippen LogP contribution in [0.1, 0.15) is 28.7 Å². The van der Waals surface area contributed by atoms with Crippen LogP contribution < -0.4 is 4.74 Å². The Labute approximate surface area is 172 Å². The minimum absolute atomic E-state index is 0.0153. The van der Waals surface area contributed by atoms with Gasteiger partial charge in [0.2, 0.25) is 0 Å². The van der Waals surface area contributed by atoms with Crippen molar-refractivity contribution in [1.29, 1.82) is 0 Å². The summed E-state index contributed by atoms with van der Waals surface area (Å²) < 4.78 is 36.0. The Kier molecular flexibility index (Phi) is 5.69. The minimum atomic E-state index is -3.78. The van der Waals surface area contributed by atoms with Crippen molar-refractivity contribution in [3.8, 4) is 5.75 Å². The van der Waals surface area contributed by atoms with Gasteiger partial charge in [-0.1, -0.05) is 60.2 Å². The van der Waals surface area contributed by atoms with E-state index in [0.717, 1.165) is 36.1 Å². The Hall–Kier alpha value is -2.63. The summed E-state index contributed by atoms with van der Waals surface area (Å²) in [5.41, 5.74) is 4.69. The van der Waals surface area contributed by atoms with E-state index in [1.807, 2.05) is 31.2 Å². The summed E-state index contributed by atoms with van der Waals surface area (Å²) in [6, 6.07) is 23.2. The molecule has 0 radical (unpaired) electrons. The van der Waals surface area contributed by atoms with Gasteiger partial charge in [-0.2, -0.15) is 8.42 Å². The average molecular weight is 409 g/mol. The second kappa shape index (κ2) is 8.39. The molecule has 29 heavy (non-hydrogen) atoms. The van der Waals surface area contributed by atoms with Gasteiger partial charge in [0.1, 0.15) is 18.5 Å². The Morgan fingerprint density at radius 1 is 0.966 bits per heavy atom. The summed E-state index contributed by atoms with van der Waals surface area (Å²) in [6.45, 7) is 1.93. The van der Waals surface area contributed by atoms with Crippen LogP contribution in [0.5, 0.6) is 5.75 Å². The first-order valence-corrected chi connectivity index (χ1v) is 11.2. The van der Waals surface area contributed by atoms with Crippen molar-refractivity contribution in [1.82, 2.24) is 0 Å². The fourth-order valence-corrected chi connectivity index (χ4v) is 4.43. The van der Waals surface area contributed by atoms with Gasteiger partial charge >= 0.3 is 0 Å². The second-order valence-corrected chi connectivity index (χ2v) is 9.05. The standard InChI is InChI=1S/C24H24O4S/c1-18-7-12-23(13-8-18)29(25,26)27-17-22-11-10-21-16-20(9-14-24(21)28-22)15-19-5-3-2-4-6-19/h2-9,12-14,16,22H,10-11,15,17H2,1H3. The maximum Gasteiger partial charge on any atom is 0.297 e. The van der Waals surface area contributed by atoms with E-state index in [-0.39, 0.29) is 17.6 Å². The SMILES string of the molecule is Cc1ccc(S(=O)(=O)OCC2CCc3cc(Cc4ccccc4)ccc3O2)cc1. The average Bonchev–Trinajstić information content (AvgIpc) is 2.73. The molecule has 0 spiro atoms. The highest BCUT2D eigenvalue weighted by Gasteiger charge is 2.24. The first-order chi connectivity index (χ1) is 14.0. The highest BCUT2D eigenvalue weighted by atomic mass is 32.2. The third kappa shape index (κ3) is 4.86. The van der Waals surface area contributed by atoms with Crippen molar-refractivity contribution in [3.05, 3.63) is 95.1 Å². The largest absolute Gasteiger partial charge is 0.488 e. The molecule has 0 N–H and O–H groups in total. The molecule has 0 aliphatic carbocycles. The van der Waals surface area contributed by atoms with E-state index in [1.54, 1.807) is 24.3 Å². The second-order valence-electron chi connectivity index (χ2n) is 7.43. The summed E-state index contributed by atoms with van der Waals surface area (Å²) in [5.74, 6) is 0.814. The van der Waals surface area contributed by atoms with Crippen LogP contribution >= 0.6 is 0 Å². The van der Waals surface area contributed by atoms with Gasteiger partial charge in [0.15, 0.2) is 0 Å². The maximum atomic E-state index is 12.4. The van der Waals surface area contributed by atoms with Gasteiger partial charge in [0.05, 0.1) is 4.90 Å². The fraction of sp³-hybridized carbons (Fsp3) is 0.250. The summed E-state index contributed by atoms with van der Waals surface area (Å²) in [5, 5.41) is 0. The van der Waals surface area contributed by atoms with E-state index in [2.05, 4.69) is 24.3 Å². The van der Waals surface area contributed by atoms with Crippen LogP contribution in [-0.2, 0) is 27.1 Å². The molecule has 3 aromatic carbocycles. The molecule has 0 saturated carbocycles. The molecule has 1 aliphatic rings. The zero-order valence-corrected chi connectivity index (χ0v) is 17.2. The molecule has 4 nitrogen and oxygen atoms in total. The molecular formula is C24H24O4S. The van der Waals surface area contributed by atoms with Gasteiger partial charge < -0.3 is 4.74 Å². The van der Waals surface area contributed by atoms with Crippen LogP contribution in [0.3, 0.4) is 0 Å². The van der Waals surface area contributed by atoms with Crippen molar-refractivity contribution >= 4 is 10.1 Å². The number of ether oxygens (including phenoxy) is 1. The molecule has 0 fully saturated rings. The molecule has 0 bridgehead atoms. The lowest BCUT2D eigenvalue weighted by Gasteiger charge is -2.26. The molecular weight excluding hydrogens is 384 g/mol. The van der Waals surface area contributed by atoms with Gasteiger partial charge in [0, 0.05) is 0 Å². The summed E-state index contributed by atoms with van der Waals surface area (Å²) in [7, 11) is -3.78. The van der Waals surface area contributed by atoms with Crippen LogP contribution in [0.15, 0.2) is 77.7 Å². The molecule has 1 atom stereocenters. The quantitative estimate of drug-likeness (QED) is 0.556. The predicted molar refractivity (Wildman–Crippen MR) is 113 cm³/mol. The highest BCUT2D eigenvalue weighted by molar-refractivity contribution is 7.86. The number of aryl methyl sites for hydroxylation is 2. The van der Waals surface area contributed by atoms with Gasteiger partial charge in [-0.05, 0) is 61.1 Å². The molecule has 0 amide bonds. The van der Waals surface area contributed by atoms with E-state index >= 15 is 0 Å². The number of fused-ring (bicyclic) bond motifs is 1. The van der Waals surface area contributed by atoms with Crippen LogP contribution in [0.25, 0.3) is 0 Å². The van der Waals surface area contributed by atoms with E-state index in [0.29, 0.717) is 0 Å². The maximum absolute atomic E-state index is 12.4. The van der Waals surface area contributed by atoms with Crippen molar-refractivity contribution in [2.45, 2.75) is 37.2 Å². The predicted octanol–water partition coefficient (Wildman–Crippen LogP) is 4.68. The molecule has 1 aliphatic heterocycles. The molecule has 3 aromatic rings.